The highest BCUT2D eigenvalue weighted by atomic mass is 32.1. The third-order valence-electron chi connectivity index (χ3n) is 3.61. The number of carbonyl (C=O) groups excluding carboxylic acids is 1. The molecule has 1 aromatic carbocycles. The lowest BCUT2D eigenvalue weighted by Gasteiger charge is -2.08. The van der Waals surface area contributed by atoms with Crippen LogP contribution in [-0.2, 0) is 14.1 Å². The highest BCUT2D eigenvalue weighted by Gasteiger charge is 2.13. The van der Waals surface area contributed by atoms with Crippen LogP contribution in [0, 0.1) is 6.92 Å². The van der Waals surface area contributed by atoms with E-state index in [1.807, 2.05) is 30.5 Å². The highest BCUT2D eigenvalue weighted by Crippen LogP contribution is 2.23. The van der Waals surface area contributed by atoms with E-state index in [1.54, 1.807) is 29.3 Å². The molecular formula is C15H15N3O2S. The van der Waals surface area contributed by atoms with Crippen LogP contribution >= 0.6 is 11.3 Å². The van der Waals surface area contributed by atoms with Crippen LogP contribution in [0.2, 0.25) is 0 Å². The molecule has 0 saturated carbocycles. The van der Waals surface area contributed by atoms with Gasteiger partial charge in [-0.1, -0.05) is 6.07 Å². The molecule has 5 nitrogen and oxygen atoms in total. The number of aromatic nitrogens is 2. The summed E-state index contributed by atoms with van der Waals surface area (Å²) < 4.78 is 3.18. The van der Waals surface area contributed by atoms with Crippen LogP contribution < -0.4 is 11.0 Å². The standard InChI is InChI=1S/C15H15N3O2S/c1-9-7-11-12(18(3)15(20)17(11)2)8-10(9)16-14(19)13-5-4-6-21-13/h4-8H,1-3H3,(H,16,19). The van der Waals surface area contributed by atoms with Crippen molar-refractivity contribution in [1.82, 2.24) is 9.13 Å². The monoisotopic (exact) mass is 301 g/mol. The number of rotatable bonds is 2. The van der Waals surface area contributed by atoms with Gasteiger partial charge in [-0.05, 0) is 36.1 Å². The number of thiophene rings is 1. The first-order valence-electron chi connectivity index (χ1n) is 6.50. The highest BCUT2D eigenvalue weighted by molar-refractivity contribution is 7.12. The molecule has 1 N–H and O–H groups in total. The number of nitrogens with zero attached hydrogens (tertiary/aromatic N) is 2. The van der Waals surface area contributed by atoms with Crippen LogP contribution in [0.5, 0.6) is 0 Å². The summed E-state index contributed by atoms with van der Waals surface area (Å²) in [5, 5.41) is 4.77. The van der Waals surface area contributed by atoms with Crippen LogP contribution in [0.1, 0.15) is 15.2 Å². The van der Waals surface area contributed by atoms with Gasteiger partial charge in [0.15, 0.2) is 0 Å². The van der Waals surface area contributed by atoms with E-state index >= 15 is 0 Å². The molecule has 108 valence electrons. The Bertz CT molecular complexity index is 888. The average molecular weight is 301 g/mol. The van der Waals surface area contributed by atoms with Gasteiger partial charge < -0.3 is 5.32 Å². The largest absolute Gasteiger partial charge is 0.328 e. The third kappa shape index (κ3) is 2.17. The van der Waals surface area contributed by atoms with Crippen LogP contribution in [-0.4, -0.2) is 15.0 Å². The molecule has 3 rings (SSSR count). The molecule has 0 aliphatic carbocycles. The molecule has 0 aliphatic heterocycles. The summed E-state index contributed by atoms with van der Waals surface area (Å²) in [5.41, 5.74) is 3.23. The number of fused-ring (bicyclic) bond motifs is 1. The molecule has 0 aliphatic rings. The van der Waals surface area contributed by atoms with Crippen LogP contribution in [0.4, 0.5) is 5.69 Å². The fourth-order valence-electron chi connectivity index (χ4n) is 2.38. The Morgan fingerprint density at radius 2 is 1.86 bits per heavy atom. The van der Waals surface area contributed by atoms with Gasteiger partial charge in [0.1, 0.15) is 0 Å². The lowest BCUT2D eigenvalue weighted by atomic mass is 10.1. The Hall–Kier alpha value is -2.34. The quantitative estimate of drug-likeness (QED) is 0.790. The zero-order chi connectivity index (χ0) is 15.1. The zero-order valence-corrected chi connectivity index (χ0v) is 12.8. The normalized spacial score (nSPS) is 11.0. The number of aryl methyl sites for hydroxylation is 3. The van der Waals surface area contributed by atoms with Crippen LogP contribution in [0.3, 0.4) is 0 Å². The molecule has 0 saturated heterocycles. The molecule has 3 aromatic rings. The molecule has 6 heteroatoms. The van der Waals surface area contributed by atoms with Gasteiger partial charge in [0.2, 0.25) is 0 Å². The molecule has 0 spiro atoms. The van der Waals surface area contributed by atoms with Crippen molar-refractivity contribution in [3.05, 3.63) is 50.6 Å². The van der Waals surface area contributed by atoms with Crippen molar-refractivity contribution in [3.8, 4) is 0 Å². The minimum absolute atomic E-state index is 0.0777. The number of benzene rings is 1. The van der Waals surface area contributed by atoms with E-state index in [0.717, 1.165) is 22.3 Å². The van der Waals surface area contributed by atoms with Gasteiger partial charge in [-0.2, -0.15) is 0 Å². The van der Waals surface area contributed by atoms with Crippen molar-refractivity contribution in [2.24, 2.45) is 14.1 Å². The van der Waals surface area contributed by atoms with Crippen LogP contribution in [0.25, 0.3) is 11.0 Å². The molecule has 0 radical (unpaired) electrons. The number of carbonyl (C=O) groups is 1. The Balaban J connectivity index is 2.07. The van der Waals surface area contributed by atoms with Crippen LogP contribution in [0.15, 0.2) is 34.4 Å². The summed E-state index contributed by atoms with van der Waals surface area (Å²) in [5.74, 6) is -0.131. The number of anilines is 1. The molecule has 0 fully saturated rings. The second-order valence-electron chi connectivity index (χ2n) is 4.99. The predicted octanol–water partition coefficient (Wildman–Crippen LogP) is 2.50. The summed E-state index contributed by atoms with van der Waals surface area (Å²) in [6.07, 6.45) is 0. The molecule has 0 unspecified atom stereocenters. The second-order valence-corrected chi connectivity index (χ2v) is 5.94. The second kappa shape index (κ2) is 4.89. The van der Waals surface area contributed by atoms with E-state index < -0.39 is 0 Å². The van der Waals surface area contributed by atoms with E-state index in [9.17, 15) is 9.59 Å². The molecule has 0 atom stereocenters. The Labute approximate surface area is 125 Å². The van der Waals surface area contributed by atoms with Gasteiger partial charge in [0, 0.05) is 19.8 Å². The maximum atomic E-state index is 12.1. The molecule has 1 amide bonds. The topological polar surface area (TPSA) is 56.0 Å². The average Bonchev–Trinajstić information content (AvgIpc) is 3.06. The number of nitrogens with one attached hydrogen (secondary N) is 1. The first kappa shape index (κ1) is 13.6. The summed E-state index contributed by atoms with van der Waals surface area (Å²) in [6.45, 7) is 1.92. The van der Waals surface area contributed by atoms with Crippen molar-refractivity contribution in [3.63, 3.8) is 0 Å². The molecule has 21 heavy (non-hydrogen) atoms. The summed E-state index contributed by atoms with van der Waals surface area (Å²) in [4.78, 5) is 24.8. The number of hydrogen-bond donors (Lipinski definition) is 1. The van der Waals surface area contributed by atoms with Gasteiger partial charge in [0.05, 0.1) is 15.9 Å². The fourth-order valence-corrected chi connectivity index (χ4v) is 2.99. The van der Waals surface area contributed by atoms with E-state index in [4.69, 9.17) is 0 Å². The number of imidazole rings is 1. The third-order valence-corrected chi connectivity index (χ3v) is 4.48. The van der Waals surface area contributed by atoms with E-state index in [2.05, 4.69) is 5.32 Å². The smallest absolute Gasteiger partial charge is 0.321 e. The molecule has 2 aromatic heterocycles. The summed E-state index contributed by atoms with van der Waals surface area (Å²) >= 11 is 1.40. The fraction of sp³-hybridized carbons (Fsp3) is 0.200. The Kier molecular flexibility index (Phi) is 3.17. The van der Waals surface area contributed by atoms with Gasteiger partial charge in [0.25, 0.3) is 5.91 Å². The molecule has 2 heterocycles. The lowest BCUT2D eigenvalue weighted by molar-refractivity contribution is 0.103. The SMILES string of the molecule is Cc1cc2c(cc1NC(=O)c1cccs1)n(C)c(=O)n2C. The lowest BCUT2D eigenvalue weighted by Crippen LogP contribution is -2.19. The van der Waals surface area contributed by atoms with E-state index in [-0.39, 0.29) is 11.6 Å². The van der Waals surface area contributed by atoms with Crippen molar-refractivity contribution < 1.29 is 4.79 Å². The van der Waals surface area contributed by atoms with Gasteiger partial charge in [-0.3, -0.25) is 13.9 Å². The summed E-state index contributed by atoms with van der Waals surface area (Å²) in [7, 11) is 3.47. The Morgan fingerprint density at radius 3 is 2.48 bits per heavy atom. The first-order valence-corrected chi connectivity index (χ1v) is 7.38. The van der Waals surface area contributed by atoms with Crippen molar-refractivity contribution in [2.75, 3.05) is 5.32 Å². The maximum Gasteiger partial charge on any atom is 0.328 e. The van der Waals surface area contributed by atoms with E-state index in [1.165, 1.54) is 11.3 Å². The minimum Gasteiger partial charge on any atom is -0.321 e. The summed E-state index contributed by atoms with van der Waals surface area (Å²) in [6, 6.07) is 7.39. The van der Waals surface area contributed by atoms with Gasteiger partial charge in [-0.15, -0.1) is 11.3 Å². The van der Waals surface area contributed by atoms with Crippen molar-refractivity contribution in [2.45, 2.75) is 6.92 Å². The predicted molar refractivity (Wildman–Crippen MR) is 85.2 cm³/mol. The minimum atomic E-state index is -0.131. The van der Waals surface area contributed by atoms with E-state index in [0.29, 0.717) is 4.88 Å². The van der Waals surface area contributed by atoms with Crippen molar-refractivity contribution in [1.29, 1.82) is 0 Å². The molecule has 0 bridgehead atoms. The maximum absolute atomic E-state index is 12.1. The molecular weight excluding hydrogens is 286 g/mol. The zero-order valence-electron chi connectivity index (χ0n) is 12.0. The van der Waals surface area contributed by atoms with Gasteiger partial charge >= 0.3 is 5.69 Å². The Morgan fingerprint density at radius 1 is 1.19 bits per heavy atom. The van der Waals surface area contributed by atoms with Gasteiger partial charge in [-0.25, -0.2) is 4.79 Å². The van der Waals surface area contributed by atoms with Crippen molar-refractivity contribution >= 4 is 34.0 Å². The number of amides is 1. The number of hydrogen-bond acceptors (Lipinski definition) is 3. The first-order chi connectivity index (χ1) is 9.99.